The van der Waals surface area contributed by atoms with E-state index in [4.69, 9.17) is 12.2 Å². The first-order valence-electron chi connectivity index (χ1n) is 6.94. The Kier molecular flexibility index (Phi) is 5.91. The third-order valence-electron chi connectivity index (χ3n) is 3.12. The first-order valence-corrected chi connectivity index (χ1v) is 7.35. The zero-order valence-electron chi connectivity index (χ0n) is 12.0. The minimum atomic E-state index is 0.437. The van der Waals surface area contributed by atoms with Gasteiger partial charge in [0.05, 0.1) is 0 Å². The Morgan fingerprint density at radius 2 is 1.71 bits per heavy atom. The van der Waals surface area contributed by atoms with Gasteiger partial charge in [0.15, 0.2) is 5.11 Å². The van der Waals surface area contributed by atoms with Crippen LogP contribution in [0.3, 0.4) is 0 Å². The van der Waals surface area contributed by atoms with Crippen LogP contribution in [0.25, 0.3) is 0 Å². The fourth-order valence-corrected chi connectivity index (χ4v) is 2.08. The van der Waals surface area contributed by atoms with Crippen LogP contribution in [-0.2, 0) is 0 Å². The fourth-order valence-electron chi connectivity index (χ4n) is 1.91. The van der Waals surface area contributed by atoms with Crippen molar-refractivity contribution in [3.05, 3.63) is 66.2 Å². The van der Waals surface area contributed by atoms with E-state index in [2.05, 4.69) is 47.0 Å². The Hall–Kier alpha value is -2.20. The van der Waals surface area contributed by atoms with E-state index < -0.39 is 0 Å². The molecule has 2 aromatic rings. The number of thiocarbonyl (C=S) groups is 1. The summed E-state index contributed by atoms with van der Waals surface area (Å²) >= 11 is 5.17. The molecule has 0 aromatic heterocycles. The van der Waals surface area contributed by atoms with Crippen molar-refractivity contribution in [2.45, 2.75) is 19.3 Å². The van der Waals surface area contributed by atoms with Crippen molar-refractivity contribution >= 4 is 29.2 Å². The van der Waals surface area contributed by atoms with Crippen LogP contribution in [0.5, 0.6) is 0 Å². The summed E-state index contributed by atoms with van der Waals surface area (Å²) in [6.45, 7) is 2.18. The molecule has 108 valence electrons. The molecule has 0 aliphatic rings. The van der Waals surface area contributed by atoms with Crippen LogP contribution < -0.4 is 10.7 Å². The van der Waals surface area contributed by atoms with Crippen molar-refractivity contribution in [1.82, 2.24) is 5.43 Å². The second kappa shape index (κ2) is 8.17. The average Bonchev–Trinajstić information content (AvgIpc) is 2.53. The lowest BCUT2D eigenvalue weighted by Gasteiger charge is -2.09. The van der Waals surface area contributed by atoms with Gasteiger partial charge < -0.3 is 5.32 Å². The SMILES string of the molecule is C[C@@H](C/C=N\NC(=S)Nc1ccccc1)c1ccccc1. The minimum Gasteiger partial charge on any atom is -0.331 e. The second-order valence-corrected chi connectivity index (χ2v) is 5.20. The van der Waals surface area contributed by atoms with Crippen LogP contribution in [0, 0.1) is 0 Å². The molecule has 0 bridgehead atoms. The normalized spacial score (nSPS) is 12.0. The third-order valence-corrected chi connectivity index (χ3v) is 3.31. The molecule has 4 heteroatoms. The monoisotopic (exact) mass is 297 g/mol. The van der Waals surface area contributed by atoms with E-state index in [0.29, 0.717) is 11.0 Å². The Labute approximate surface area is 131 Å². The van der Waals surface area contributed by atoms with E-state index in [1.54, 1.807) is 0 Å². The summed E-state index contributed by atoms with van der Waals surface area (Å²) in [5, 5.41) is 7.71. The topological polar surface area (TPSA) is 36.4 Å². The molecule has 0 saturated carbocycles. The predicted molar refractivity (Wildman–Crippen MR) is 93.8 cm³/mol. The van der Waals surface area contributed by atoms with Gasteiger partial charge in [-0.25, -0.2) is 0 Å². The first-order chi connectivity index (χ1) is 10.3. The van der Waals surface area contributed by atoms with Gasteiger partial charge in [-0.15, -0.1) is 0 Å². The van der Waals surface area contributed by atoms with Gasteiger partial charge >= 0.3 is 0 Å². The molecule has 21 heavy (non-hydrogen) atoms. The molecule has 0 amide bonds. The molecule has 1 atom stereocenters. The molecule has 2 N–H and O–H groups in total. The molecule has 0 unspecified atom stereocenters. The lowest BCUT2D eigenvalue weighted by Crippen LogP contribution is -2.23. The van der Waals surface area contributed by atoms with Gasteiger partial charge in [0.2, 0.25) is 0 Å². The Balaban J connectivity index is 1.74. The van der Waals surface area contributed by atoms with Crippen molar-refractivity contribution in [1.29, 1.82) is 0 Å². The van der Waals surface area contributed by atoms with Crippen LogP contribution in [-0.4, -0.2) is 11.3 Å². The summed E-state index contributed by atoms with van der Waals surface area (Å²) < 4.78 is 0. The smallest absolute Gasteiger partial charge is 0.191 e. The number of nitrogens with zero attached hydrogens (tertiary/aromatic N) is 1. The molecule has 3 nitrogen and oxygen atoms in total. The zero-order valence-corrected chi connectivity index (χ0v) is 12.8. The quantitative estimate of drug-likeness (QED) is 0.494. The van der Waals surface area contributed by atoms with E-state index in [0.717, 1.165) is 12.1 Å². The van der Waals surface area contributed by atoms with Crippen molar-refractivity contribution in [2.75, 3.05) is 5.32 Å². The van der Waals surface area contributed by atoms with Crippen molar-refractivity contribution in [2.24, 2.45) is 5.10 Å². The van der Waals surface area contributed by atoms with E-state index in [-0.39, 0.29) is 0 Å². The number of hydrazone groups is 1. The maximum Gasteiger partial charge on any atom is 0.191 e. The minimum absolute atomic E-state index is 0.437. The van der Waals surface area contributed by atoms with Gasteiger partial charge in [0.1, 0.15) is 0 Å². The molecule has 0 fully saturated rings. The molecular weight excluding hydrogens is 278 g/mol. The van der Waals surface area contributed by atoms with Gasteiger partial charge in [-0.2, -0.15) is 5.10 Å². The van der Waals surface area contributed by atoms with Gasteiger partial charge in [0, 0.05) is 11.9 Å². The molecule has 0 heterocycles. The van der Waals surface area contributed by atoms with E-state index in [9.17, 15) is 0 Å². The van der Waals surface area contributed by atoms with Crippen molar-refractivity contribution in [3.63, 3.8) is 0 Å². The summed E-state index contributed by atoms with van der Waals surface area (Å²) in [5.74, 6) is 0.437. The summed E-state index contributed by atoms with van der Waals surface area (Å²) in [7, 11) is 0. The number of hydrogen-bond donors (Lipinski definition) is 2. The average molecular weight is 297 g/mol. The lowest BCUT2D eigenvalue weighted by molar-refractivity contribution is 0.808. The fraction of sp³-hybridized carbons (Fsp3) is 0.176. The number of hydrogen-bond acceptors (Lipinski definition) is 2. The lowest BCUT2D eigenvalue weighted by atomic mass is 9.99. The van der Waals surface area contributed by atoms with Crippen LogP contribution in [0.15, 0.2) is 65.8 Å². The number of nitrogens with one attached hydrogen (secondary N) is 2. The van der Waals surface area contributed by atoms with Crippen LogP contribution in [0.2, 0.25) is 0 Å². The first kappa shape index (κ1) is 15.2. The molecule has 0 aliphatic carbocycles. The predicted octanol–water partition coefficient (Wildman–Crippen LogP) is 4.15. The molecule has 0 aliphatic heterocycles. The summed E-state index contributed by atoms with van der Waals surface area (Å²) in [4.78, 5) is 0. The highest BCUT2D eigenvalue weighted by atomic mass is 32.1. The number of benzene rings is 2. The van der Waals surface area contributed by atoms with Gasteiger partial charge in [-0.1, -0.05) is 55.5 Å². The number of rotatable bonds is 5. The highest BCUT2D eigenvalue weighted by molar-refractivity contribution is 7.80. The summed E-state index contributed by atoms with van der Waals surface area (Å²) in [5.41, 5.74) is 5.09. The largest absolute Gasteiger partial charge is 0.331 e. The molecule has 0 radical (unpaired) electrons. The number of para-hydroxylation sites is 1. The Bertz CT molecular complexity index is 581. The summed E-state index contributed by atoms with van der Waals surface area (Å²) in [6, 6.07) is 20.2. The zero-order chi connectivity index (χ0) is 14.9. The van der Waals surface area contributed by atoms with E-state index in [1.807, 2.05) is 42.6 Å². The Morgan fingerprint density at radius 1 is 1.10 bits per heavy atom. The third kappa shape index (κ3) is 5.36. The van der Waals surface area contributed by atoms with Gasteiger partial charge in [-0.3, -0.25) is 5.43 Å². The van der Waals surface area contributed by atoms with Crippen molar-refractivity contribution < 1.29 is 0 Å². The van der Waals surface area contributed by atoms with Gasteiger partial charge in [-0.05, 0) is 42.3 Å². The standard InChI is InChI=1S/C17H19N3S/c1-14(15-8-4-2-5-9-15)12-13-18-20-17(21)19-16-10-6-3-7-11-16/h2-11,13-14H,12H2,1H3,(H2,19,20,21)/b18-13-/t14-/m0/s1. The van der Waals surface area contributed by atoms with Crippen molar-refractivity contribution in [3.8, 4) is 0 Å². The Morgan fingerprint density at radius 3 is 2.38 bits per heavy atom. The van der Waals surface area contributed by atoms with Gasteiger partial charge in [0.25, 0.3) is 0 Å². The van der Waals surface area contributed by atoms with Crippen LogP contribution in [0.1, 0.15) is 24.8 Å². The maximum atomic E-state index is 5.17. The van der Waals surface area contributed by atoms with Crippen LogP contribution >= 0.6 is 12.2 Å². The molecule has 0 spiro atoms. The molecule has 0 saturated heterocycles. The molecule has 2 rings (SSSR count). The van der Waals surface area contributed by atoms with E-state index >= 15 is 0 Å². The highest BCUT2D eigenvalue weighted by Gasteiger charge is 2.02. The summed E-state index contributed by atoms with van der Waals surface area (Å²) in [6.07, 6.45) is 2.72. The van der Waals surface area contributed by atoms with Crippen LogP contribution in [0.4, 0.5) is 5.69 Å². The number of anilines is 1. The molecule has 2 aromatic carbocycles. The second-order valence-electron chi connectivity index (χ2n) is 4.79. The van der Waals surface area contributed by atoms with E-state index in [1.165, 1.54) is 5.56 Å². The highest BCUT2D eigenvalue weighted by Crippen LogP contribution is 2.16. The maximum absolute atomic E-state index is 5.17. The molecular formula is C17H19N3S.